The summed E-state index contributed by atoms with van der Waals surface area (Å²) in [5, 5.41) is 2.51. The predicted octanol–water partition coefficient (Wildman–Crippen LogP) is 11.9. The summed E-state index contributed by atoms with van der Waals surface area (Å²) in [6.45, 7) is 0. The van der Waals surface area contributed by atoms with Gasteiger partial charge >= 0.3 is 0 Å². The Bertz CT molecular complexity index is 2820. The lowest BCUT2D eigenvalue weighted by Crippen LogP contribution is -2.29. The van der Waals surface area contributed by atoms with Crippen molar-refractivity contribution in [1.29, 1.82) is 0 Å². The van der Waals surface area contributed by atoms with E-state index >= 15 is 0 Å². The third-order valence-corrected chi connectivity index (χ3v) is 11.0. The van der Waals surface area contributed by atoms with Crippen LogP contribution in [-0.2, 0) is 5.41 Å². The third-order valence-electron chi connectivity index (χ3n) is 11.0. The number of hydrogen-bond donors (Lipinski definition) is 0. The number of fused-ring (bicyclic) bond motifs is 14. The summed E-state index contributed by atoms with van der Waals surface area (Å²) >= 11 is 0. The number of aromatic nitrogens is 2. The van der Waals surface area contributed by atoms with Gasteiger partial charge in [-0.2, -0.15) is 0 Å². The fourth-order valence-corrected chi connectivity index (χ4v) is 8.97. The van der Waals surface area contributed by atoms with Crippen LogP contribution in [0.15, 0.2) is 182 Å². The first kappa shape index (κ1) is 27.4. The monoisotopic (exact) mass is 634 g/mol. The minimum absolute atomic E-state index is 0.569. The molecule has 50 heavy (non-hydrogen) atoms. The van der Waals surface area contributed by atoms with Crippen LogP contribution in [0.2, 0.25) is 0 Å². The topological polar surface area (TPSA) is 17.8 Å². The molecule has 0 saturated carbocycles. The highest BCUT2D eigenvalue weighted by molar-refractivity contribution is 6.01. The minimum Gasteiger partial charge on any atom is -0.292 e. The summed E-state index contributed by atoms with van der Waals surface area (Å²) in [6, 6.07) is 66.9. The first-order valence-electron chi connectivity index (χ1n) is 17.3. The minimum atomic E-state index is -0.569. The van der Waals surface area contributed by atoms with E-state index in [1.54, 1.807) is 0 Å². The largest absolute Gasteiger partial charge is 0.292 e. The van der Waals surface area contributed by atoms with Crippen molar-refractivity contribution in [3.05, 3.63) is 204 Å². The first-order chi connectivity index (χ1) is 24.8. The summed E-state index contributed by atoms with van der Waals surface area (Å²) in [4.78, 5) is 5.33. The van der Waals surface area contributed by atoms with E-state index in [4.69, 9.17) is 4.98 Å². The lowest BCUT2D eigenvalue weighted by atomic mass is 9.65. The Morgan fingerprint density at radius 1 is 0.380 bits per heavy atom. The van der Waals surface area contributed by atoms with Gasteiger partial charge in [0.1, 0.15) is 5.82 Å². The van der Waals surface area contributed by atoms with E-state index < -0.39 is 5.41 Å². The molecule has 1 aromatic heterocycles. The molecule has 0 saturated heterocycles. The summed E-state index contributed by atoms with van der Waals surface area (Å²) in [7, 11) is 0. The van der Waals surface area contributed by atoms with Crippen molar-refractivity contribution in [1.82, 2.24) is 9.55 Å². The Morgan fingerprint density at radius 3 is 1.66 bits per heavy atom. The van der Waals surface area contributed by atoms with Gasteiger partial charge in [-0.25, -0.2) is 4.98 Å². The zero-order chi connectivity index (χ0) is 32.8. The molecule has 0 amide bonds. The SMILES string of the molecule is c1ccc(-n2c(-c3ccc4c(c3)C3(c5ccccc5-c5ccccc5-4)c4ccccc4-c4cc5ccccc5cc43)nc3ccccc32)cc1. The molecule has 2 heteroatoms. The molecule has 1 atom stereocenters. The maximum absolute atomic E-state index is 5.33. The molecule has 1 heterocycles. The second-order valence-electron chi connectivity index (χ2n) is 13.5. The molecule has 0 bridgehead atoms. The zero-order valence-electron chi connectivity index (χ0n) is 27.2. The molecule has 2 aliphatic rings. The molecule has 9 aromatic rings. The van der Waals surface area contributed by atoms with Gasteiger partial charge in [0.05, 0.1) is 16.4 Å². The number of nitrogens with zero attached hydrogens (tertiary/aromatic N) is 2. The Balaban J connectivity index is 1.32. The number of rotatable bonds is 2. The maximum atomic E-state index is 5.33. The smallest absolute Gasteiger partial charge is 0.145 e. The summed E-state index contributed by atoms with van der Waals surface area (Å²) in [6.07, 6.45) is 0. The van der Waals surface area contributed by atoms with Gasteiger partial charge < -0.3 is 0 Å². The molecule has 1 unspecified atom stereocenters. The summed E-state index contributed by atoms with van der Waals surface area (Å²) < 4.78 is 2.31. The van der Waals surface area contributed by atoms with Crippen molar-refractivity contribution in [2.24, 2.45) is 0 Å². The molecular weight excluding hydrogens is 605 g/mol. The van der Waals surface area contributed by atoms with E-state index in [-0.39, 0.29) is 0 Å². The number of hydrogen-bond acceptors (Lipinski definition) is 1. The van der Waals surface area contributed by atoms with E-state index in [1.165, 1.54) is 66.4 Å². The lowest BCUT2D eigenvalue weighted by molar-refractivity contribution is 0.776. The molecule has 0 radical (unpaired) electrons. The Hall–Kier alpha value is -6.51. The van der Waals surface area contributed by atoms with Crippen LogP contribution in [-0.4, -0.2) is 9.55 Å². The Morgan fingerprint density at radius 2 is 0.920 bits per heavy atom. The molecule has 2 aliphatic carbocycles. The normalized spacial score (nSPS) is 15.3. The van der Waals surface area contributed by atoms with Crippen LogP contribution in [0, 0.1) is 0 Å². The Labute approximate surface area is 290 Å². The van der Waals surface area contributed by atoms with Gasteiger partial charge in [-0.1, -0.05) is 140 Å². The van der Waals surface area contributed by atoms with Crippen molar-refractivity contribution in [3.8, 4) is 50.5 Å². The van der Waals surface area contributed by atoms with Gasteiger partial charge in [-0.3, -0.25) is 4.57 Å². The van der Waals surface area contributed by atoms with Crippen LogP contribution in [0.3, 0.4) is 0 Å². The molecule has 2 nitrogen and oxygen atoms in total. The molecule has 0 fully saturated rings. The van der Waals surface area contributed by atoms with Gasteiger partial charge in [0.25, 0.3) is 0 Å². The highest BCUT2D eigenvalue weighted by atomic mass is 15.1. The van der Waals surface area contributed by atoms with E-state index in [2.05, 4.69) is 187 Å². The van der Waals surface area contributed by atoms with Crippen molar-refractivity contribution in [2.75, 3.05) is 0 Å². The fraction of sp³-hybridized carbons (Fsp3) is 0.0208. The van der Waals surface area contributed by atoms with Crippen molar-refractivity contribution in [3.63, 3.8) is 0 Å². The molecule has 232 valence electrons. The zero-order valence-corrected chi connectivity index (χ0v) is 27.2. The average molecular weight is 635 g/mol. The highest BCUT2D eigenvalue weighted by Gasteiger charge is 2.50. The Kier molecular flexibility index (Phi) is 5.62. The van der Waals surface area contributed by atoms with Gasteiger partial charge in [-0.15, -0.1) is 0 Å². The van der Waals surface area contributed by atoms with Crippen LogP contribution in [0.1, 0.15) is 22.3 Å². The van der Waals surface area contributed by atoms with Gasteiger partial charge in [0.15, 0.2) is 0 Å². The van der Waals surface area contributed by atoms with Crippen LogP contribution in [0.5, 0.6) is 0 Å². The van der Waals surface area contributed by atoms with Gasteiger partial charge in [-0.05, 0) is 109 Å². The molecule has 1 spiro atoms. The molecule has 11 rings (SSSR count). The highest BCUT2D eigenvalue weighted by Crippen LogP contribution is 2.62. The second-order valence-corrected chi connectivity index (χ2v) is 13.5. The predicted molar refractivity (Wildman–Crippen MR) is 206 cm³/mol. The quantitative estimate of drug-likeness (QED) is 0.185. The van der Waals surface area contributed by atoms with E-state index in [9.17, 15) is 0 Å². The average Bonchev–Trinajstić information content (AvgIpc) is 3.68. The molecule has 8 aromatic carbocycles. The van der Waals surface area contributed by atoms with E-state index in [0.29, 0.717) is 0 Å². The number of benzene rings is 8. The maximum Gasteiger partial charge on any atom is 0.145 e. The summed E-state index contributed by atoms with van der Waals surface area (Å²) in [5.41, 5.74) is 16.6. The van der Waals surface area contributed by atoms with Crippen molar-refractivity contribution < 1.29 is 0 Å². The van der Waals surface area contributed by atoms with Crippen LogP contribution >= 0.6 is 0 Å². The van der Waals surface area contributed by atoms with Crippen LogP contribution < -0.4 is 0 Å². The standard InChI is InChI=1S/C48H30N2/c1-2-16-34(17-3-1)50-46-25-13-12-24-45(46)49-47(50)33-26-27-39-36-19-7-6-18-35(36)37-20-8-10-22-41(37)48(43(39)30-33)42-23-11-9-21-38(42)40-28-31-14-4-5-15-32(31)29-44(40)48/h1-30H. The first-order valence-corrected chi connectivity index (χ1v) is 17.3. The lowest BCUT2D eigenvalue weighted by Gasteiger charge is -2.35. The van der Waals surface area contributed by atoms with Gasteiger partial charge in [0.2, 0.25) is 0 Å². The summed E-state index contributed by atoms with van der Waals surface area (Å²) in [5.74, 6) is 0.936. The molecule has 0 aliphatic heterocycles. The molecular formula is C48H30N2. The van der Waals surface area contributed by atoms with E-state index in [0.717, 1.165) is 28.1 Å². The second kappa shape index (κ2) is 10.2. The van der Waals surface area contributed by atoms with Crippen molar-refractivity contribution in [2.45, 2.75) is 5.41 Å². The number of imidazole rings is 1. The van der Waals surface area contributed by atoms with Gasteiger partial charge in [0, 0.05) is 11.3 Å². The number of para-hydroxylation sites is 3. The van der Waals surface area contributed by atoms with E-state index in [1.807, 2.05) is 0 Å². The third kappa shape index (κ3) is 3.60. The van der Waals surface area contributed by atoms with Crippen molar-refractivity contribution >= 4 is 21.8 Å². The fourth-order valence-electron chi connectivity index (χ4n) is 8.97. The van der Waals surface area contributed by atoms with Crippen LogP contribution in [0.25, 0.3) is 72.3 Å². The van der Waals surface area contributed by atoms with Crippen LogP contribution in [0.4, 0.5) is 0 Å². The molecule has 0 N–H and O–H groups in total.